The van der Waals surface area contributed by atoms with Gasteiger partial charge in [-0.2, -0.15) is 23.5 Å². The molecule has 1 aromatic heterocycles. The second-order valence-electron chi connectivity index (χ2n) is 2.63. The van der Waals surface area contributed by atoms with Crippen LogP contribution in [-0.4, -0.2) is 17.5 Å². The third-order valence-corrected chi connectivity index (χ3v) is 3.11. The summed E-state index contributed by atoms with van der Waals surface area (Å²) in [7, 11) is 0. The molecule has 0 aliphatic heterocycles. The van der Waals surface area contributed by atoms with Crippen LogP contribution < -0.4 is 0 Å². The van der Waals surface area contributed by atoms with E-state index in [1.807, 2.05) is 0 Å². The highest BCUT2D eigenvalue weighted by Gasteiger charge is 2.00. The van der Waals surface area contributed by atoms with Crippen LogP contribution in [0.15, 0.2) is 16.6 Å². The van der Waals surface area contributed by atoms with Gasteiger partial charge in [-0.15, -0.1) is 0 Å². The van der Waals surface area contributed by atoms with E-state index in [0.717, 1.165) is 27.4 Å². The lowest BCUT2D eigenvalue weighted by molar-refractivity contribution is 1.09. The average Bonchev–Trinajstić information content (AvgIpc) is 2.04. The van der Waals surface area contributed by atoms with Gasteiger partial charge < -0.3 is 0 Å². The third-order valence-electron chi connectivity index (χ3n) is 1.48. The lowest BCUT2D eigenvalue weighted by atomic mass is 10.3. The monoisotopic (exact) mass is 277 g/mol. The number of thioether (sulfide) groups is 2. The summed E-state index contributed by atoms with van der Waals surface area (Å²) >= 11 is 7.09. The van der Waals surface area contributed by atoms with E-state index < -0.39 is 0 Å². The van der Waals surface area contributed by atoms with Gasteiger partial charge in [0.15, 0.2) is 0 Å². The van der Waals surface area contributed by atoms with Crippen LogP contribution >= 0.6 is 39.5 Å². The fourth-order valence-electron chi connectivity index (χ4n) is 1.05. The highest BCUT2D eigenvalue weighted by Crippen LogP contribution is 2.18. The summed E-state index contributed by atoms with van der Waals surface area (Å²) in [6, 6.07) is 4.17. The molecule has 0 fully saturated rings. The standard InChI is InChI=1S/C9H12BrNS2/c1-12-5-8-3-7(10)4-9(11-8)6-13-2/h3-4H,5-6H2,1-2H3. The smallest absolute Gasteiger partial charge is 0.0517 e. The predicted octanol–water partition coefficient (Wildman–Crippen LogP) is 3.57. The Hall–Kier alpha value is 0.330. The van der Waals surface area contributed by atoms with Crippen molar-refractivity contribution in [1.29, 1.82) is 0 Å². The normalized spacial score (nSPS) is 10.4. The van der Waals surface area contributed by atoms with E-state index >= 15 is 0 Å². The maximum atomic E-state index is 4.54. The largest absolute Gasteiger partial charge is 0.256 e. The summed E-state index contributed by atoms with van der Waals surface area (Å²) in [5.74, 6) is 1.97. The van der Waals surface area contributed by atoms with Crippen LogP contribution in [0.3, 0.4) is 0 Å². The van der Waals surface area contributed by atoms with Crippen LogP contribution in [0.4, 0.5) is 0 Å². The van der Waals surface area contributed by atoms with E-state index in [-0.39, 0.29) is 0 Å². The number of hydrogen-bond donors (Lipinski definition) is 0. The van der Waals surface area contributed by atoms with Gasteiger partial charge in [0.1, 0.15) is 0 Å². The van der Waals surface area contributed by atoms with Crippen LogP contribution in [0.1, 0.15) is 11.4 Å². The second-order valence-corrected chi connectivity index (χ2v) is 5.28. The maximum absolute atomic E-state index is 4.54. The van der Waals surface area contributed by atoms with E-state index in [1.54, 1.807) is 23.5 Å². The van der Waals surface area contributed by atoms with E-state index in [9.17, 15) is 0 Å². The van der Waals surface area contributed by atoms with Gasteiger partial charge in [-0.05, 0) is 24.6 Å². The number of aromatic nitrogens is 1. The quantitative estimate of drug-likeness (QED) is 0.835. The number of halogens is 1. The Morgan fingerprint density at radius 1 is 1.15 bits per heavy atom. The van der Waals surface area contributed by atoms with Gasteiger partial charge in [0.2, 0.25) is 0 Å². The van der Waals surface area contributed by atoms with Gasteiger partial charge >= 0.3 is 0 Å². The van der Waals surface area contributed by atoms with Crippen molar-refractivity contribution in [1.82, 2.24) is 4.98 Å². The van der Waals surface area contributed by atoms with Gasteiger partial charge in [-0.25, -0.2) is 0 Å². The molecule has 0 aliphatic rings. The summed E-state index contributed by atoms with van der Waals surface area (Å²) in [6.45, 7) is 0. The van der Waals surface area contributed by atoms with Crippen molar-refractivity contribution in [3.05, 3.63) is 28.0 Å². The lowest BCUT2D eigenvalue weighted by Gasteiger charge is -2.03. The molecule has 0 radical (unpaired) electrons. The van der Waals surface area contributed by atoms with E-state index in [0.29, 0.717) is 0 Å². The maximum Gasteiger partial charge on any atom is 0.0517 e. The van der Waals surface area contributed by atoms with Crippen molar-refractivity contribution >= 4 is 39.5 Å². The second kappa shape index (κ2) is 5.94. The molecule has 0 unspecified atom stereocenters. The third kappa shape index (κ3) is 3.92. The molecule has 1 nitrogen and oxygen atoms in total. The zero-order valence-electron chi connectivity index (χ0n) is 7.71. The number of hydrogen-bond acceptors (Lipinski definition) is 3. The van der Waals surface area contributed by atoms with Gasteiger partial charge in [-0.3, -0.25) is 4.98 Å². The van der Waals surface area contributed by atoms with Crippen LogP contribution in [0.5, 0.6) is 0 Å². The molecule has 13 heavy (non-hydrogen) atoms. The predicted molar refractivity (Wildman–Crippen MR) is 66.4 cm³/mol. The molecular formula is C9H12BrNS2. The van der Waals surface area contributed by atoms with E-state index in [4.69, 9.17) is 0 Å². The first-order valence-corrected chi connectivity index (χ1v) is 7.47. The Kier molecular flexibility index (Phi) is 5.21. The van der Waals surface area contributed by atoms with Crippen molar-refractivity contribution in [2.45, 2.75) is 11.5 Å². The van der Waals surface area contributed by atoms with Crippen molar-refractivity contribution in [3.8, 4) is 0 Å². The molecule has 1 rings (SSSR count). The Morgan fingerprint density at radius 2 is 1.62 bits per heavy atom. The van der Waals surface area contributed by atoms with Gasteiger partial charge in [0, 0.05) is 16.0 Å². The number of nitrogens with zero attached hydrogens (tertiary/aromatic N) is 1. The van der Waals surface area contributed by atoms with Crippen molar-refractivity contribution in [3.63, 3.8) is 0 Å². The van der Waals surface area contributed by atoms with Gasteiger partial charge in [0.25, 0.3) is 0 Å². The molecule has 4 heteroatoms. The highest BCUT2D eigenvalue weighted by atomic mass is 79.9. The first-order valence-electron chi connectivity index (χ1n) is 3.89. The lowest BCUT2D eigenvalue weighted by Crippen LogP contribution is -1.92. The highest BCUT2D eigenvalue weighted by molar-refractivity contribution is 9.10. The molecular weight excluding hydrogens is 266 g/mol. The van der Waals surface area contributed by atoms with E-state index in [2.05, 4.69) is 45.6 Å². The van der Waals surface area contributed by atoms with Crippen LogP contribution in [-0.2, 0) is 11.5 Å². The Balaban J connectivity index is 2.83. The molecule has 1 heterocycles. The Labute approximate surface area is 96.2 Å². The molecule has 0 atom stereocenters. The summed E-state index contributed by atoms with van der Waals surface area (Å²) in [5.41, 5.74) is 2.32. The molecule has 0 aromatic carbocycles. The minimum Gasteiger partial charge on any atom is -0.256 e. The Morgan fingerprint density at radius 3 is 2.00 bits per heavy atom. The van der Waals surface area contributed by atoms with Crippen LogP contribution in [0.25, 0.3) is 0 Å². The fourth-order valence-corrected chi connectivity index (χ4v) is 2.47. The zero-order chi connectivity index (χ0) is 9.68. The summed E-state index contributed by atoms with van der Waals surface area (Å²) in [5, 5.41) is 0. The minimum absolute atomic E-state index is 0.987. The first-order chi connectivity index (χ1) is 6.26. The molecule has 0 aliphatic carbocycles. The molecule has 72 valence electrons. The Bertz CT molecular complexity index is 254. The van der Waals surface area contributed by atoms with Crippen molar-refractivity contribution in [2.24, 2.45) is 0 Å². The molecule has 0 saturated carbocycles. The molecule has 0 spiro atoms. The average molecular weight is 278 g/mol. The molecule has 0 bridgehead atoms. The van der Waals surface area contributed by atoms with E-state index in [1.165, 1.54) is 0 Å². The molecule has 1 aromatic rings. The minimum atomic E-state index is 0.987. The van der Waals surface area contributed by atoms with Crippen LogP contribution in [0.2, 0.25) is 0 Å². The zero-order valence-corrected chi connectivity index (χ0v) is 10.9. The topological polar surface area (TPSA) is 12.9 Å². The summed E-state index contributed by atoms with van der Waals surface area (Å²) in [4.78, 5) is 4.54. The molecule has 0 amide bonds. The van der Waals surface area contributed by atoms with Crippen molar-refractivity contribution in [2.75, 3.05) is 12.5 Å². The molecule has 0 saturated heterocycles. The SMILES string of the molecule is CSCc1cc(Br)cc(CSC)n1. The summed E-state index contributed by atoms with van der Waals surface area (Å²) < 4.78 is 1.13. The summed E-state index contributed by atoms with van der Waals surface area (Å²) in [6.07, 6.45) is 4.19. The van der Waals surface area contributed by atoms with Crippen molar-refractivity contribution < 1.29 is 0 Å². The fraction of sp³-hybridized carbons (Fsp3) is 0.444. The van der Waals surface area contributed by atoms with Crippen LogP contribution in [0, 0.1) is 0 Å². The number of rotatable bonds is 4. The number of pyridine rings is 1. The van der Waals surface area contributed by atoms with Gasteiger partial charge in [0.05, 0.1) is 11.4 Å². The van der Waals surface area contributed by atoms with Gasteiger partial charge in [-0.1, -0.05) is 15.9 Å². The first kappa shape index (κ1) is 11.4. The molecule has 0 N–H and O–H groups in total.